The average Bonchev–Trinajstić information content (AvgIpc) is 2.41. The Balaban J connectivity index is 1.93. The number of hydrogen-bond donors (Lipinski definition) is 3. The molecule has 0 saturated carbocycles. The normalized spacial score (nSPS) is 19.1. The van der Waals surface area contributed by atoms with Gasteiger partial charge in [0.2, 0.25) is 0 Å². The highest BCUT2D eigenvalue weighted by Gasteiger charge is 2.15. The Hall–Kier alpha value is -1.75. The first kappa shape index (κ1) is 13.7. The molecule has 5 N–H and O–H groups in total. The number of carbonyl (C=O) groups excluding carboxylic acids is 1. The third-order valence-electron chi connectivity index (χ3n) is 3.40. The summed E-state index contributed by atoms with van der Waals surface area (Å²) in [6.45, 7) is 1.57. The van der Waals surface area contributed by atoms with Gasteiger partial charge < -0.3 is 21.5 Å². The highest BCUT2D eigenvalue weighted by molar-refractivity contribution is 6.01. The minimum atomic E-state index is -0.469. The molecule has 1 aromatic rings. The molecule has 1 unspecified atom stereocenters. The van der Waals surface area contributed by atoms with Crippen LogP contribution < -0.4 is 16.8 Å². The number of para-hydroxylation sites is 1. The Bertz CT molecular complexity index is 442. The second kappa shape index (κ2) is 6.43. The van der Waals surface area contributed by atoms with Crippen molar-refractivity contribution in [2.24, 2.45) is 5.73 Å². The number of hydrogen-bond acceptors (Lipinski definition) is 4. The number of nitrogens with two attached hydrogens (primary N) is 2. The molecule has 5 heteroatoms. The van der Waals surface area contributed by atoms with Crippen molar-refractivity contribution < 1.29 is 9.53 Å². The number of nitrogen functional groups attached to an aromatic ring is 1. The third-order valence-corrected chi connectivity index (χ3v) is 3.40. The molecule has 1 aliphatic heterocycles. The fourth-order valence-electron chi connectivity index (χ4n) is 2.37. The van der Waals surface area contributed by atoms with Gasteiger partial charge in [-0.2, -0.15) is 0 Å². The van der Waals surface area contributed by atoms with E-state index in [0.717, 1.165) is 32.4 Å². The van der Waals surface area contributed by atoms with E-state index in [0.29, 0.717) is 23.0 Å². The lowest BCUT2D eigenvalue weighted by molar-refractivity contribution is 0.0134. The zero-order valence-electron chi connectivity index (χ0n) is 11.0. The van der Waals surface area contributed by atoms with Crippen molar-refractivity contribution in [3.63, 3.8) is 0 Å². The number of carbonyl (C=O) groups is 1. The molecule has 1 atom stereocenters. The summed E-state index contributed by atoms with van der Waals surface area (Å²) in [5, 5.41) is 3.20. The van der Waals surface area contributed by atoms with E-state index in [9.17, 15) is 4.79 Å². The Morgan fingerprint density at radius 3 is 2.95 bits per heavy atom. The topological polar surface area (TPSA) is 90.4 Å². The molecule has 0 bridgehead atoms. The molecule has 0 aliphatic carbocycles. The molecule has 0 aromatic heterocycles. The Labute approximate surface area is 113 Å². The maximum atomic E-state index is 11.3. The van der Waals surface area contributed by atoms with Gasteiger partial charge in [-0.25, -0.2) is 0 Å². The maximum absolute atomic E-state index is 11.3. The molecule has 19 heavy (non-hydrogen) atoms. The SMILES string of the molecule is NC(=O)c1cccc(N)c1NCCC1CCCCO1. The molecule has 1 fully saturated rings. The molecule has 1 aliphatic rings. The van der Waals surface area contributed by atoms with Gasteiger partial charge in [-0.3, -0.25) is 4.79 Å². The molecule has 104 valence electrons. The summed E-state index contributed by atoms with van der Waals surface area (Å²) in [6, 6.07) is 5.16. The number of amides is 1. The third kappa shape index (κ3) is 3.61. The molecule has 1 aromatic carbocycles. The number of rotatable bonds is 5. The minimum Gasteiger partial charge on any atom is -0.397 e. The first-order chi connectivity index (χ1) is 9.18. The average molecular weight is 263 g/mol. The fraction of sp³-hybridized carbons (Fsp3) is 0.500. The smallest absolute Gasteiger partial charge is 0.250 e. The summed E-state index contributed by atoms with van der Waals surface area (Å²) in [6.07, 6.45) is 4.70. The van der Waals surface area contributed by atoms with Crippen LogP contribution >= 0.6 is 0 Å². The van der Waals surface area contributed by atoms with E-state index in [1.807, 2.05) is 0 Å². The van der Waals surface area contributed by atoms with Crippen molar-refractivity contribution in [1.82, 2.24) is 0 Å². The molecule has 0 radical (unpaired) electrons. The van der Waals surface area contributed by atoms with Crippen LogP contribution in [0.25, 0.3) is 0 Å². The Morgan fingerprint density at radius 1 is 1.42 bits per heavy atom. The van der Waals surface area contributed by atoms with Gasteiger partial charge in [0.1, 0.15) is 0 Å². The number of nitrogens with one attached hydrogen (secondary N) is 1. The number of ether oxygens (including phenoxy) is 1. The standard InChI is InChI=1S/C14H21N3O2/c15-12-6-3-5-11(14(16)18)13(12)17-8-7-10-4-1-2-9-19-10/h3,5-6,10,17H,1-2,4,7-9,15H2,(H2,16,18). The van der Waals surface area contributed by atoms with Crippen LogP contribution in [0.5, 0.6) is 0 Å². The lowest BCUT2D eigenvalue weighted by Gasteiger charge is -2.23. The Kier molecular flexibility index (Phi) is 4.63. The quantitative estimate of drug-likeness (QED) is 0.706. The molecule has 1 amide bonds. The van der Waals surface area contributed by atoms with Crippen LogP contribution in [0.3, 0.4) is 0 Å². The van der Waals surface area contributed by atoms with Crippen molar-refractivity contribution in [2.75, 3.05) is 24.2 Å². The van der Waals surface area contributed by atoms with Crippen molar-refractivity contribution in [1.29, 1.82) is 0 Å². The molecule has 2 rings (SSSR count). The first-order valence-corrected chi connectivity index (χ1v) is 6.72. The predicted molar refractivity (Wildman–Crippen MR) is 76.1 cm³/mol. The molecule has 5 nitrogen and oxygen atoms in total. The van der Waals surface area contributed by atoms with Gasteiger partial charge >= 0.3 is 0 Å². The second-order valence-corrected chi connectivity index (χ2v) is 4.84. The summed E-state index contributed by atoms with van der Waals surface area (Å²) in [4.78, 5) is 11.3. The lowest BCUT2D eigenvalue weighted by atomic mass is 10.1. The van der Waals surface area contributed by atoms with Gasteiger partial charge in [-0.15, -0.1) is 0 Å². The van der Waals surface area contributed by atoms with Gasteiger partial charge in [0.25, 0.3) is 5.91 Å². The monoisotopic (exact) mass is 263 g/mol. The maximum Gasteiger partial charge on any atom is 0.250 e. The molecule has 1 saturated heterocycles. The van der Waals surface area contributed by atoms with Crippen LogP contribution in [0.4, 0.5) is 11.4 Å². The summed E-state index contributed by atoms with van der Waals surface area (Å²) >= 11 is 0. The van der Waals surface area contributed by atoms with E-state index >= 15 is 0 Å². The van der Waals surface area contributed by atoms with Gasteiger partial charge in [0.05, 0.1) is 23.0 Å². The zero-order valence-corrected chi connectivity index (χ0v) is 11.0. The van der Waals surface area contributed by atoms with Gasteiger partial charge in [0.15, 0.2) is 0 Å². The lowest BCUT2D eigenvalue weighted by Crippen LogP contribution is -2.23. The summed E-state index contributed by atoms with van der Waals surface area (Å²) in [5.41, 5.74) is 12.8. The van der Waals surface area contributed by atoms with E-state index in [2.05, 4.69) is 5.32 Å². The minimum absolute atomic E-state index is 0.309. The molecule has 0 spiro atoms. The summed E-state index contributed by atoms with van der Waals surface area (Å²) < 4.78 is 5.66. The van der Waals surface area contributed by atoms with Crippen molar-refractivity contribution in [3.8, 4) is 0 Å². The highest BCUT2D eigenvalue weighted by Crippen LogP contribution is 2.23. The van der Waals surface area contributed by atoms with Gasteiger partial charge in [-0.1, -0.05) is 6.07 Å². The van der Waals surface area contributed by atoms with Crippen LogP contribution in [-0.2, 0) is 4.74 Å². The second-order valence-electron chi connectivity index (χ2n) is 4.84. The molecule has 1 heterocycles. The van der Waals surface area contributed by atoms with Crippen LogP contribution in [0.15, 0.2) is 18.2 Å². The van der Waals surface area contributed by atoms with Crippen LogP contribution in [-0.4, -0.2) is 25.2 Å². The molecular formula is C14H21N3O2. The van der Waals surface area contributed by atoms with Gasteiger partial charge in [-0.05, 0) is 37.8 Å². The van der Waals surface area contributed by atoms with Gasteiger partial charge in [0, 0.05) is 13.2 Å². The number of primary amides is 1. The van der Waals surface area contributed by atoms with E-state index in [4.69, 9.17) is 16.2 Å². The van der Waals surface area contributed by atoms with Crippen molar-refractivity contribution in [2.45, 2.75) is 31.8 Å². The molecular weight excluding hydrogens is 242 g/mol. The fourth-order valence-corrected chi connectivity index (χ4v) is 2.37. The van der Waals surface area contributed by atoms with Crippen molar-refractivity contribution >= 4 is 17.3 Å². The van der Waals surface area contributed by atoms with Crippen LogP contribution in [0.2, 0.25) is 0 Å². The van der Waals surface area contributed by atoms with E-state index in [1.165, 1.54) is 6.42 Å². The van der Waals surface area contributed by atoms with E-state index in [1.54, 1.807) is 18.2 Å². The van der Waals surface area contributed by atoms with E-state index in [-0.39, 0.29) is 0 Å². The zero-order chi connectivity index (χ0) is 13.7. The summed E-state index contributed by atoms with van der Waals surface area (Å²) in [7, 11) is 0. The van der Waals surface area contributed by atoms with Crippen molar-refractivity contribution in [3.05, 3.63) is 23.8 Å². The summed E-state index contributed by atoms with van der Waals surface area (Å²) in [5.74, 6) is -0.469. The first-order valence-electron chi connectivity index (χ1n) is 6.72. The largest absolute Gasteiger partial charge is 0.397 e. The van der Waals surface area contributed by atoms with E-state index < -0.39 is 5.91 Å². The Morgan fingerprint density at radius 2 is 2.26 bits per heavy atom. The number of anilines is 2. The predicted octanol–water partition coefficient (Wildman–Crippen LogP) is 1.74. The number of benzene rings is 1. The highest BCUT2D eigenvalue weighted by atomic mass is 16.5. The van der Waals surface area contributed by atoms with Crippen LogP contribution in [0, 0.1) is 0 Å². The van der Waals surface area contributed by atoms with Crippen LogP contribution in [0.1, 0.15) is 36.0 Å².